The summed E-state index contributed by atoms with van der Waals surface area (Å²) in [6.07, 6.45) is 0. The minimum absolute atomic E-state index is 0.0943. The van der Waals surface area contributed by atoms with Crippen LogP contribution < -0.4 is 4.90 Å². The van der Waals surface area contributed by atoms with Crippen LogP contribution in [0.25, 0.3) is 53.2 Å². The number of nitrogens with zero attached hydrogens (tertiary/aromatic N) is 1. The molecule has 0 radical (unpaired) electrons. The van der Waals surface area contributed by atoms with Crippen molar-refractivity contribution < 1.29 is 0 Å². The maximum Gasteiger partial charge on any atom is 0.0549 e. The quantitative estimate of drug-likeness (QED) is 0.187. The van der Waals surface area contributed by atoms with E-state index in [1.807, 2.05) is 11.3 Å². The van der Waals surface area contributed by atoms with Gasteiger partial charge in [-0.1, -0.05) is 131 Å². The third-order valence-corrected chi connectivity index (χ3v) is 12.3. The van der Waals surface area contributed by atoms with Crippen LogP contribution in [0.2, 0.25) is 0 Å². The SMILES string of the molecule is CC1(C)c2ccccc2-c2ccc(N(c3ccc4c(c3)sc3ccccc34)c3cc4ccccc4c4c3-c3ccccc3C4(C)C)cc21. The Balaban J connectivity index is 1.30. The molecule has 8 aromatic rings. The Morgan fingerprint density at radius 2 is 1.06 bits per heavy atom. The Kier molecular flexibility index (Phi) is 5.63. The first-order valence-corrected chi connectivity index (χ1v) is 17.8. The largest absolute Gasteiger partial charge is 0.310 e. The van der Waals surface area contributed by atoms with E-state index in [0.717, 1.165) is 0 Å². The third-order valence-electron chi connectivity index (χ3n) is 11.2. The fourth-order valence-corrected chi connectivity index (χ4v) is 10.1. The van der Waals surface area contributed by atoms with Gasteiger partial charge in [0, 0.05) is 47.9 Å². The molecular weight excluding hydrogens is 599 g/mol. The van der Waals surface area contributed by atoms with Gasteiger partial charge >= 0.3 is 0 Å². The molecule has 1 nitrogen and oxygen atoms in total. The molecular formula is C46H35NS. The lowest BCUT2D eigenvalue weighted by Crippen LogP contribution is -2.18. The Bertz CT molecular complexity index is 2630. The van der Waals surface area contributed by atoms with E-state index >= 15 is 0 Å². The van der Waals surface area contributed by atoms with Crippen molar-refractivity contribution in [2.75, 3.05) is 4.90 Å². The van der Waals surface area contributed by atoms with Gasteiger partial charge in [0.2, 0.25) is 0 Å². The van der Waals surface area contributed by atoms with Crippen molar-refractivity contribution in [3.8, 4) is 22.3 Å². The summed E-state index contributed by atoms with van der Waals surface area (Å²) >= 11 is 1.88. The Morgan fingerprint density at radius 3 is 1.90 bits per heavy atom. The molecule has 2 heteroatoms. The second kappa shape index (κ2) is 9.69. The number of rotatable bonds is 3. The monoisotopic (exact) mass is 633 g/mol. The van der Waals surface area contributed by atoms with Gasteiger partial charge in [0.25, 0.3) is 0 Å². The summed E-state index contributed by atoms with van der Waals surface area (Å²) in [5.74, 6) is 0. The average molecular weight is 634 g/mol. The molecule has 0 unspecified atom stereocenters. The molecule has 0 aliphatic heterocycles. The lowest BCUT2D eigenvalue weighted by atomic mass is 9.80. The number of anilines is 3. The second-order valence-electron chi connectivity index (χ2n) is 14.6. The highest BCUT2D eigenvalue weighted by Gasteiger charge is 2.40. The highest BCUT2D eigenvalue weighted by molar-refractivity contribution is 7.25. The molecule has 1 aromatic heterocycles. The zero-order chi connectivity index (χ0) is 32.4. The molecule has 0 saturated carbocycles. The third kappa shape index (κ3) is 3.67. The van der Waals surface area contributed by atoms with Gasteiger partial charge in [0.15, 0.2) is 0 Å². The van der Waals surface area contributed by atoms with Crippen molar-refractivity contribution in [1.82, 2.24) is 0 Å². The molecule has 2 aliphatic rings. The molecule has 0 saturated heterocycles. The lowest BCUT2D eigenvalue weighted by Gasteiger charge is -2.31. The molecule has 1 heterocycles. The van der Waals surface area contributed by atoms with Crippen LogP contribution in [0.3, 0.4) is 0 Å². The van der Waals surface area contributed by atoms with Gasteiger partial charge in [-0.25, -0.2) is 0 Å². The van der Waals surface area contributed by atoms with Gasteiger partial charge in [-0.2, -0.15) is 0 Å². The van der Waals surface area contributed by atoms with E-state index in [1.165, 1.54) is 92.5 Å². The summed E-state index contributed by atoms with van der Waals surface area (Å²) in [6.45, 7) is 9.55. The first-order valence-electron chi connectivity index (χ1n) is 16.9. The van der Waals surface area contributed by atoms with E-state index in [4.69, 9.17) is 0 Å². The molecule has 0 spiro atoms. The summed E-state index contributed by atoms with van der Waals surface area (Å²) in [7, 11) is 0. The van der Waals surface area contributed by atoms with Crippen molar-refractivity contribution >= 4 is 59.3 Å². The summed E-state index contributed by atoms with van der Waals surface area (Å²) in [6, 6.07) is 52.5. The van der Waals surface area contributed by atoms with Gasteiger partial charge in [0.1, 0.15) is 0 Å². The van der Waals surface area contributed by atoms with E-state index in [0.29, 0.717) is 0 Å². The van der Waals surface area contributed by atoms with Crippen LogP contribution in [-0.4, -0.2) is 0 Å². The standard InChI is InChI=1S/C46H35NS/c1-45(2)37-18-10-7-15-32(37)33-23-21-29(26-39(33)45)47(30-22-24-35-34-16-9-12-20-41(34)48-42(35)27-30)40-25-28-13-5-6-14-31(28)44-43(40)36-17-8-11-19-38(36)46(44,3)4/h5-27H,1-4H3. The molecule has 10 rings (SSSR count). The topological polar surface area (TPSA) is 3.24 Å². The zero-order valence-electron chi connectivity index (χ0n) is 27.6. The number of hydrogen-bond donors (Lipinski definition) is 0. The summed E-state index contributed by atoms with van der Waals surface area (Å²) in [5.41, 5.74) is 14.3. The van der Waals surface area contributed by atoms with Crippen LogP contribution in [0.5, 0.6) is 0 Å². The van der Waals surface area contributed by atoms with Crippen LogP contribution in [0.1, 0.15) is 49.9 Å². The van der Waals surface area contributed by atoms with Crippen LogP contribution >= 0.6 is 11.3 Å². The van der Waals surface area contributed by atoms with Crippen molar-refractivity contribution in [1.29, 1.82) is 0 Å². The first-order chi connectivity index (χ1) is 23.3. The second-order valence-corrected chi connectivity index (χ2v) is 15.6. The summed E-state index contributed by atoms with van der Waals surface area (Å²) < 4.78 is 2.64. The van der Waals surface area contributed by atoms with Crippen LogP contribution in [-0.2, 0) is 10.8 Å². The molecule has 0 N–H and O–H groups in total. The van der Waals surface area contributed by atoms with E-state index < -0.39 is 0 Å². The van der Waals surface area contributed by atoms with Crippen molar-refractivity contribution in [3.63, 3.8) is 0 Å². The smallest absolute Gasteiger partial charge is 0.0549 e. The number of fused-ring (bicyclic) bond motifs is 11. The van der Waals surface area contributed by atoms with Crippen LogP contribution in [0.4, 0.5) is 17.1 Å². The fourth-order valence-electron chi connectivity index (χ4n) is 8.92. The van der Waals surface area contributed by atoms with Gasteiger partial charge in [0.05, 0.1) is 5.69 Å². The fraction of sp³-hybridized carbons (Fsp3) is 0.130. The van der Waals surface area contributed by atoms with Gasteiger partial charge < -0.3 is 4.90 Å². The number of hydrogen-bond acceptors (Lipinski definition) is 2. The first kappa shape index (κ1) is 27.9. The molecule has 7 aromatic carbocycles. The Morgan fingerprint density at radius 1 is 0.458 bits per heavy atom. The Hall–Kier alpha value is -5.18. The number of benzene rings is 7. The van der Waals surface area contributed by atoms with Crippen molar-refractivity contribution in [2.24, 2.45) is 0 Å². The molecule has 0 atom stereocenters. The average Bonchev–Trinajstić information content (AvgIpc) is 3.68. The van der Waals surface area contributed by atoms with E-state index in [9.17, 15) is 0 Å². The van der Waals surface area contributed by atoms with Crippen LogP contribution in [0, 0.1) is 0 Å². The van der Waals surface area contributed by atoms with Crippen molar-refractivity contribution in [3.05, 3.63) is 162 Å². The van der Waals surface area contributed by atoms with E-state index in [-0.39, 0.29) is 10.8 Å². The molecule has 0 bridgehead atoms. The zero-order valence-corrected chi connectivity index (χ0v) is 28.5. The molecule has 48 heavy (non-hydrogen) atoms. The summed E-state index contributed by atoms with van der Waals surface area (Å²) in [5, 5.41) is 5.26. The Labute approximate surface area is 285 Å². The molecule has 230 valence electrons. The molecule has 2 aliphatic carbocycles. The highest BCUT2D eigenvalue weighted by atomic mass is 32.1. The minimum atomic E-state index is -0.135. The minimum Gasteiger partial charge on any atom is -0.310 e. The molecule has 0 amide bonds. The van der Waals surface area contributed by atoms with Gasteiger partial charge in [-0.15, -0.1) is 11.3 Å². The normalized spacial score (nSPS) is 15.0. The predicted molar refractivity (Wildman–Crippen MR) is 207 cm³/mol. The highest BCUT2D eigenvalue weighted by Crippen LogP contribution is 2.58. The number of thiophene rings is 1. The van der Waals surface area contributed by atoms with Gasteiger partial charge in [-0.3, -0.25) is 0 Å². The van der Waals surface area contributed by atoms with Crippen molar-refractivity contribution in [2.45, 2.75) is 38.5 Å². The predicted octanol–water partition coefficient (Wildman–Crippen LogP) is 13.3. The summed E-state index contributed by atoms with van der Waals surface area (Å²) in [4.78, 5) is 2.55. The van der Waals surface area contributed by atoms with Crippen LogP contribution in [0.15, 0.2) is 140 Å². The van der Waals surface area contributed by atoms with E-state index in [2.05, 4.69) is 172 Å². The van der Waals surface area contributed by atoms with E-state index in [1.54, 1.807) is 0 Å². The maximum absolute atomic E-state index is 2.55. The lowest BCUT2D eigenvalue weighted by molar-refractivity contribution is 0.660. The van der Waals surface area contributed by atoms with Gasteiger partial charge in [-0.05, 0) is 86.1 Å². The molecule has 0 fully saturated rings. The maximum atomic E-state index is 2.55.